The summed E-state index contributed by atoms with van der Waals surface area (Å²) in [5.74, 6) is 0.463. The van der Waals surface area contributed by atoms with E-state index in [1.54, 1.807) is 31.4 Å². The Morgan fingerprint density at radius 3 is 2.29 bits per heavy atom. The first-order valence-corrected chi connectivity index (χ1v) is 8.46. The molecule has 0 radical (unpaired) electrons. The van der Waals surface area contributed by atoms with Gasteiger partial charge in [-0.25, -0.2) is 8.42 Å². The van der Waals surface area contributed by atoms with Gasteiger partial charge in [-0.1, -0.05) is 13.8 Å². The second-order valence-corrected chi connectivity index (χ2v) is 7.21. The average molecular weight is 314 g/mol. The Balaban J connectivity index is 2.69. The number of sulfonamides is 1. The molecule has 0 unspecified atom stereocenters. The molecule has 1 N–H and O–H groups in total. The van der Waals surface area contributed by atoms with Gasteiger partial charge in [-0.3, -0.25) is 4.79 Å². The van der Waals surface area contributed by atoms with E-state index >= 15 is 0 Å². The van der Waals surface area contributed by atoms with E-state index < -0.39 is 10.0 Å². The second-order valence-electron chi connectivity index (χ2n) is 5.23. The third kappa shape index (κ3) is 6.14. The van der Waals surface area contributed by atoms with Crippen molar-refractivity contribution >= 4 is 21.6 Å². The fourth-order valence-electron chi connectivity index (χ4n) is 1.76. The van der Waals surface area contributed by atoms with E-state index in [1.165, 1.54) is 4.31 Å². The summed E-state index contributed by atoms with van der Waals surface area (Å²) in [6.07, 6.45) is 1.11. The van der Waals surface area contributed by atoms with E-state index in [-0.39, 0.29) is 18.4 Å². The van der Waals surface area contributed by atoms with Gasteiger partial charge in [0.25, 0.3) is 0 Å². The van der Waals surface area contributed by atoms with Crippen molar-refractivity contribution in [2.75, 3.05) is 31.8 Å². The minimum Gasteiger partial charge on any atom is -0.497 e. The molecule has 0 saturated heterocycles. The second kappa shape index (κ2) is 7.42. The van der Waals surface area contributed by atoms with Gasteiger partial charge in [-0.15, -0.1) is 0 Å². The number of hydrogen-bond donors (Lipinski definition) is 1. The normalized spacial score (nSPS) is 11.7. The van der Waals surface area contributed by atoms with Crippen molar-refractivity contribution in [2.24, 2.45) is 5.92 Å². The van der Waals surface area contributed by atoms with Crippen LogP contribution in [0.25, 0.3) is 0 Å². The Hall–Kier alpha value is -1.60. The summed E-state index contributed by atoms with van der Waals surface area (Å²) in [6.45, 7) is 3.93. The number of methoxy groups -OCH3 is 1. The van der Waals surface area contributed by atoms with Crippen molar-refractivity contribution in [1.82, 2.24) is 4.31 Å². The van der Waals surface area contributed by atoms with E-state index in [9.17, 15) is 13.2 Å². The molecule has 1 aromatic rings. The van der Waals surface area contributed by atoms with Gasteiger partial charge in [0.2, 0.25) is 15.9 Å². The maximum atomic E-state index is 12.0. The summed E-state index contributed by atoms with van der Waals surface area (Å²) in [5, 5.41) is 2.67. The maximum absolute atomic E-state index is 12.0. The highest BCUT2D eigenvalue weighted by molar-refractivity contribution is 7.88. The molecule has 7 heteroatoms. The zero-order chi connectivity index (χ0) is 16.0. The van der Waals surface area contributed by atoms with Gasteiger partial charge in [0.15, 0.2) is 0 Å². The van der Waals surface area contributed by atoms with Crippen LogP contribution in [0.5, 0.6) is 5.75 Å². The number of amides is 1. The van der Waals surface area contributed by atoms with Crippen molar-refractivity contribution in [3.8, 4) is 5.75 Å². The Bertz CT molecular complexity index is 567. The molecule has 1 aromatic carbocycles. The molecule has 0 aliphatic carbocycles. The average Bonchev–Trinajstić information content (AvgIpc) is 2.37. The molecule has 0 heterocycles. The number of benzene rings is 1. The predicted molar refractivity (Wildman–Crippen MR) is 82.9 cm³/mol. The van der Waals surface area contributed by atoms with Gasteiger partial charge >= 0.3 is 0 Å². The summed E-state index contributed by atoms with van der Waals surface area (Å²) < 4.78 is 29.5. The summed E-state index contributed by atoms with van der Waals surface area (Å²) in [5.41, 5.74) is 0.596. The van der Waals surface area contributed by atoms with Crippen LogP contribution in [0.1, 0.15) is 13.8 Å². The molecule has 0 spiro atoms. The maximum Gasteiger partial charge on any atom is 0.239 e. The lowest BCUT2D eigenvalue weighted by molar-refractivity contribution is -0.116. The first-order valence-electron chi connectivity index (χ1n) is 6.61. The quantitative estimate of drug-likeness (QED) is 0.828. The van der Waals surface area contributed by atoms with Crippen LogP contribution in [0.4, 0.5) is 5.69 Å². The van der Waals surface area contributed by atoms with Gasteiger partial charge in [0, 0.05) is 12.2 Å². The number of rotatable bonds is 7. The van der Waals surface area contributed by atoms with Crippen LogP contribution in [0.15, 0.2) is 24.3 Å². The smallest absolute Gasteiger partial charge is 0.239 e. The third-order valence-corrected chi connectivity index (χ3v) is 3.95. The molecule has 0 aromatic heterocycles. The zero-order valence-electron chi connectivity index (χ0n) is 12.8. The lowest BCUT2D eigenvalue weighted by Gasteiger charge is -2.21. The highest BCUT2D eigenvalue weighted by Crippen LogP contribution is 2.15. The van der Waals surface area contributed by atoms with Crippen LogP contribution in [0.3, 0.4) is 0 Å². The fourth-order valence-corrected chi connectivity index (χ4v) is 2.68. The molecule has 0 bridgehead atoms. The zero-order valence-corrected chi connectivity index (χ0v) is 13.6. The largest absolute Gasteiger partial charge is 0.497 e. The lowest BCUT2D eigenvalue weighted by Crippen LogP contribution is -2.39. The Morgan fingerprint density at radius 1 is 1.29 bits per heavy atom. The molecule has 0 atom stereocenters. The van der Waals surface area contributed by atoms with Crippen molar-refractivity contribution in [3.63, 3.8) is 0 Å². The number of nitrogens with one attached hydrogen (secondary N) is 1. The van der Waals surface area contributed by atoms with Crippen molar-refractivity contribution in [1.29, 1.82) is 0 Å². The van der Waals surface area contributed by atoms with Crippen LogP contribution in [0.2, 0.25) is 0 Å². The van der Waals surface area contributed by atoms with Gasteiger partial charge in [0.05, 0.1) is 19.9 Å². The Kier molecular flexibility index (Phi) is 6.17. The van der Waals surface area contributed by atoms with Crippen molar-refractivity contribution in [3.05, 3.63) is 24.3 Å². The minimum atomic E-state index is -3.41. The minimum absolute atomic E-state index is 0.147. The van der Waals surface area contributed by atoms with Gasteiger partial charge in [0.1, 0.15) is 5.75 Å². The molecule has 0 aliphatic heterocycles. The first-order chi connectivity index (χ1) is 9.72. The number of carbonyl (C=O) groups excluding carboxylic acids is 1. The molecule has 0 fully saturated rings. The third-order valence-electron chi connectivity index (χ3n) is 2.73. The molecule has 6 nitrogen and oxygen atoms in total. The Labute approximate surface area is 126 Å². The van der Waals surface area contributed by atoms with Crippen molar-refractivity contribution in [2.45, 2.75) is 13.8 Å². The van der Waals surface area contributed by atoms with Gasteiger partial charge in [-0.2, -0.15) is 4.31 Å². The number of hydrogen-bond acceptors (Lipinski definition) is 4. The number of carbonyl (C=O) groups is 1. The number of ether oxygens (including phenoxy) is 1. The molecule has 0 saturated carbocycles. The molecule has 0 aliphatic rings. The van der Waals surface area contributed by atoms with E-state index in [4.69, 9.17) is 4.74 Å². The highest BCUT2D eigenvalue weighted by atomic mass is 32.2. The van der Waals surface area contributed by atoms with E-state index in [0.717, 1.165) is 6.26 Å². The predicted octanol–water partition coefficient (Wildman–Crippen LogP) is 1.55. The summed E-state index contributed by atoms with van der Waals surface area (Å²) in [7, 11) is -1.85. The topological polar surface area (TPSA) is 75.7 Å². The summed E-state index contributed by atoms with van der Waals surface area (Å²) in [4.78, 5) is 12.0. The lowest BCUT2D eigenvalue weighted by atomic mass is 10.2. The molecule has 1 rings (SSSR count). The van der Waals surface area contributed by atoms with Crippen LogP contribution in [0, 0.1) is 5.92 Å². The molecular weight excluding hydrogens is 292 g/mol. The molecule has 21 heavy (non-hydrogen) atoms. The summed E-state index contributed by atoms with van der Waals surface area (Å²) in [6, 6.07) is 6.84. The highest BCUT2D eigenvalue weighted by Gasteiger charge is 2.21. The monoisotopic (exact) mass is 314 g/mol. The standard InChI is InChI=1S/C14H22N2O4S/c1-11(2)9-16(21(4,18)19)10-14(17)15-12-5-7-13(20-3)8-6-12/h5-8,11H,9-10H2,1-4H3,(H,15,17). The number of nitrogens with zero attached hydrogens (tertiary/aromatic N) is 1. The number of anilines is 1. The SMILES string of the molecule is COc1ccc(NC(=O)CN(CC(C)C)S(C)(=O)=O)cc1. The van der Waals surface area contributed by atoms with E-state index in [1.807, 2.05) is 13.8 Å². The van der Waals surface area contributed by atoms with Crippen LogP contribution in [-0.4, -0.2) is 45.1 Å². The first kappa shape index (κ1) is 17.5. The van der Waals surface area contributed by atoms with Crippen LogP contribution < -0.4 is 10.1 Å². The van der Waals surface area contributed by atoms with Crippen molar-refractivity contribution < 1.29 is 17.9 Å². The van der Waals surface area contributed by atoms with E-state index in [0.29, 0.717) is 18.0 Å². The van der Waals surface area contributed by atoms with Gasteiger partial charge in [-0.05, 0) is 30.2 Å². The molecule has 1 amide bonds. The van der Waals surface area contributed by atoms with Gasteiger partial charge < -0.3 is 10.1 Å². The fraction of sp³-hybridized carbons (Fsp3) is 0.500. The van der Waals surface area contributed by atoms with Crippen LogP contribution >= 0.6 is 0 Å². The molecule has 118 valence electrons. The Morgan fingerprint density at radius 2 is 1.86 bits per heavy atom. The summed E-state index contributed by atoms with van der Waals surface area (Å²) >= 11 is 0. The van der Waals surface area contributed by atoms with E-state index in [2.05, 4.69) is 5.32 Å². The molecular formula is C14H22N2O4S. The van der Waals surface area contributed by atoms with Crippen LogP contribution in [-0.2, 0) is 14.8 Å².